The molecule has 1 fully saturated rings. The SMILES string of the molecule is O=C(CCC(=O)c1cccs1)NCCC(=O)N1CCN(Cc2ccc(Cl)cc2)CC1. The maximum Gasteiger partial charge on any atom is 0.224 e. The fraction of sp³-hybridized carbons (Fsp3) is 0.409. The number of thiophene rings is 1. The highest BCUT2D eigenvalue weighted by Crippen LogP contribution is 2.14. The number of Topliss-reactive ketones (excluding diaryl/α,β-unsaturated/α-hetero) is 1. The van der Waals surface area contributed by atoms with Crippen molar-refractivity contribution in [3.8, 4) is 0 Å². The van der Waals surface area contributed by atoms with Gasteiger partial charge < -0.3 is 10.2 Å². The van der Waals surface area contributed by atoms with E-state index in [0.717, 1.165) is 24.7 Å². The van der Waals surface area contributed by atoms with Gasteiger partial charge in [0.25, 0.3) is 0 Å². The number of rotatable bonds is 9. The third-order valence-electron chi connectivity index (χ3n) is 5.08. The van der Waals surface area contributed by atoms with Crippen molar-refractivity contribution in [2.24, 2.45) is 0 Å². The summed E-state index contributed by atoms with van der Waals surface area (Å²) in [5, 5.41) is 5.32. The molecule has 3 rings (SSSR count). The van der Waals surface area contributed by atoms with Crippen molar-refractivity contribution in [1.29, 1.82) is 0 Å². The third-order valence-corrected chi connectivity index (χ3v) is 6.24. The van der Waals surface area contributed by atoms with Crippen molar-refractivity contribution < 1.29 is 14.4 Å². The fourth-order valence-corrected chi connectivity index (χ4v) is 4.17. The van der Waals surface area contributed by atoms with Gasteiger partial charge in [0.2, 0.25) is 11.8 Å². The maximum absolute atomic E-state index is 12.4. The van der Waals surface area contributed by atoms with E-state index in [1.807, 2.05) is 40.6 Å². The highest BCUT2D eigenvalue weighted by Gasteiger charge is 2.21. The Labute approximate surface area is 185 Å². The summed E-state index contributed by atoms with van der Waals surface area (Å²) in [6, 6.07) is 11.4. The molecule has 0 atom stereocenters. The predicted molar refractivity (Wildman–Crippen MR) is 119 cm³/mol. The summed E-state index contributed by atoms with van der Waals surface area (Å²) >= 11 is 7.30. The van der Waals surface area contributed by atoms with E-state index in [-0.39, 0.29) is 36.9 Å². The fourth-order valence-electron chi connectivity index (χ4n) is 3.35. The van der Waals surface area contributed by atoms with Gasteiger partial charge in [-0.3, -0.25) is 19.3 Å². The van der Waals surface area contributed by atoms with Gasteiger partial charge in [-0.25, -0.2) is 0 Å². The van der Waals surface area contributed by atoms with Crippen molar-refractivity contribution >= 4 is 40.5 Å². The van der Waals surface area contributed by atoms with Crippen LogP contribution in [0.1, 0.15) is 34.5 Å². The van der Waals surface area contributed by atoms with E-state index in [1.165, 1.54) is 16.9 Å². The molecule has 0 bridgehead atoms. The van der Waals surface area contributed by atoms with E-state index < -0.39 is 0 Å². The van der Waals surface area contributed by atoms with E-state index in [0.29, 0.717) is 24.5 Å². The lowest BCUT2D eigenvalue weighted by atomic mass is 10.2. The van der Waals surface area contributed by atoms with Crippen LogP contribution in [0.4, 0.5) is 0 Å². The first kappa shape index (κ1) is 22.5. The average molecular weight is 448 g/mol. The minimum Gasteiger partial charge on any atom is -0.356 e. The number of carbonyl (C=O) groups excluding carboxylic acids is 3. The number of nitrogens with one attached hydrogen (secondary N) is 1. The quantitative estimate of drug-likeness (QED) is 0.599. The lowest BCUT2D eigenvalue weighted by Crippen LogP contribution is -2.48. The van der Waals surface area contributed by atoms with Crippen LogP contribution in [0.2, 0.25) is 5.02 Å². The van der Waals surface area contributed by atoms with Crippen LogP contribution in [0.3, 0.4) is 0 Å². The number of benzene rings is 1. The second-order valence-corrected chi connectivity index (χ2v) is 8.67. The molecule has 160 valence electrons. The molecule has 2 amide bonds. The van der Waals surface area contributed by atoms with Crippen molar-refractivity contribution in [3.05, 3.63) is 57.2 Å². The zero-order chi connectivity index (χ0) is 21.3. The number of carbonyl (C=O) groups is 3. The molecule has 1 saturated heterocycles. The molecule has 0 unspecified atom stereocenters. The molecule has 6 nitrogen and oxygen atoms in total. The Morgan fingerprint density at radius 1 is 0.967 bits per heavy atom. The van der Waals surface area contributed by atoms with Crippen LogP contribution < -0.4 is 5.32 Å². The molecule has 1 aliphatic rings. The Morgan fingerprint density at radius 2 is 1.70 bits per heavy atom. The Kier molecular flexibility index (Phi) is 8.42. The molecule has 0 aliphatic carbocycles. The van der Waals surface area contributed by atoms with E-state index in [2.05, 4.69) is 10.2 Å². The van der Waals surface area contributed by atoms with Crippen molar-refractivity contribution in [3.63, 3.8) is 0 Å². The minimum atomic E-state index is -0.194. The number of halogens is 1. The summed E-state index contributed by atoms with van der Waals surface area (Å²) in [5.74, 6) is -0.163. The monoisotopic (exact) mass is 447 g/mol. The first-order valence-electron chi connectivity index (χ1n) is 10.1. The van der Waals surface area contributed by atoms with Gasteiger partial charge in [-0.1, -0.05) is 29.8 Å². The highest BCUT2D eigenvalue weighted by atomic mass is 35.5. The number of nitrogens with zero attached hydrogens (tertiary/aromatic N) is 2. The van der Waals surface area contributed by atoms with Gasteiger partial charge in [0, 0.05) is 63.6 Å². The summed E-state index contributed by atoms with van der Waals surface area (Å²) in [6.07, 6.45) is 0.617. The molecule has 1 aromatic heterocycles. The Balaban J connectivity index is 1.29. The zero-order valence-corrected chi connectivity index (χ0v) is 18.4. The molecule has 0 saturated carbocycles. The van der Waals surface area contributed by atoms with Crippen LogP contribution in [0.5, 0.6) is 0 Å². The van der Waals surface area contributed by atoms with Crippen LogP contribution in [-0.4, -0.2) is 60.1 Å². The van der Waals surface area contributed by atoms with Gasteiger partial charge in [0.05, 0.1) is 4.88 Å². The molecule has 1 aliphatic heterocycles. The zero-order valence-electron chi connectivity index (χ0n) is 16.8. The molecule has 30 heavy (non-hydrogen) atoms. The van der Waals surface area contributed by atoms with E-state index in [4.69, 9.17) is 11.6 Å². The number of ketones is 1. The summed E-state index contributed by atoms with van der Waals surface area (Å²) in [4.78, 5) is 41.1. The topological polar surface area (TPSA) is 69.7 Å². The summed E-state index contributed by atoms with van der Waals surface area (Å²) in [5.41, 5.74) is 1.21. The van der Waals surface area contributed by atoms with E-state index in [9.17, 15) is 14.4 Å². The van der Waals surface area contributed by atoms with Gasteiger partial charge >= 0.3 is 0 Å². The Bertz CT molecular complexity index is 847. The molecule has 8 heteroatoms. The molecular weight excluding hydrogens is 422 g/mol. The van der Waals surface area contributed by atoms with Crippen LogP contribution in [0.15, 0.2) is 41.8 Å². The maximum atomic E-state index is 12.4. The molecule has 2 heterocycles. The first-order valence-corrected chi connectivity index (χ1v) is 11.3. The molecule has 2 aromatic rings. The molecule has 1 aromatic carbocycles. The van der Waals surface area contributed by atoms with Crippen LogP contribution in [0, 0.1) is 0 Å². The van der Waals surface area contributed by atoms with Crippen LogP contribution >= 0.6 is 22.9 Å². The number of hydrogen-bond donors (Lipinski definition) is 1. The number of hydrogen-bond acceptors (Lipinski definition) is 5. The predicted octanol–water partition coefficient (Wildman–Crippen LogP) is 3.22. The first-order chi connectivity index (χ1) is 14.5. The average Bonchev–Trinajstić information content (AvgIpc) is 3.29. The molecule has 0 radical (unpaired) electrons. The van der Waals surface area contributed by atoms with Crippen molar-refractivity contribution in [1.82, 2.24) is 15.1 Å². The second-order valence-electron chi connectivity index (χ2n) is 7.28. The van der Waals surface area contributed by atoms with Crippen molar-refractivity contribution in [2.45, 2.75) is 25.8 Å². The summed E-state index contributed by atoms with van der Waals surface area (Å²) < 4.78 is 0. The number of amides is 2. The van der Waals surface area contributed by atoms with E-state index >= 15 is 0 Å². The summed E-state index contributed by atoms with van der Waals surface area (Å²) in [6.45, 7) is 4.18. The standard InChI is InChI=1S/C22H26ClN3O3S/c23-18-5-3-17(4-6-18)16-25-11-13-26(14-12-25)22(29)9-10-24-21(28)8-7-19(27)20-2-1-15-30-20/h1-6,15H,7-14,16H2,(H,24,28). The molecule has 0 spiro atoms. The highest BCUT2D eigenvalue weighted by molar-refractivity contribution is 7.12. The van der Waals surface area contributed by atoms with Crippen LogP contribution in [0.25, 0.3) is 0 Å². The Hall–Kier alpha value is -2.22. The summed E-state index contributed by atoms with van der Waals surface area (Å²) in [7, 11) is 0. The van der Waals surface area contributed by atoms with Gasteiger partial charge in [-0.05, 0) is 29.1 Å². The van der Waals surface area contributed by atoms with Gasteiger partial charge in [-0.2, -0.15) is 0 Å². The lowest BCUT2D eigenvalue weighted by Gasteiger charge is -2.34. The largest absolute Gasteiger partial charge is 0.356 e. The second kappa shape index (κ2) is 11.2. The van der Waals surface area contributed by atoms with Crippen LogP contribution in [-0.2, 0) is 16.1 Å². The normalized spacial score (nSPS) is 14.5. The molecular formula is C22H26ClN3O3S. The van der Waals surface area contributed by atoms with Gasteiger partial charge in [0.1, 0.15) is 0 Å². The van der Waals surface area contributed by atoms with Gasteiger partial charge in [0.15, 0.2) is 5.78 Å². The smallest absolute Gasteiger partial charge is 0.224 e. The molecule has 1 N–H and O–H groups in total. The van der Waals surface area contributed by atoms with Crippen molar-refractivity contribution in [2.75, 3.05) is 32.7 Å². The van der Waals surface area contributed by atoms with Gasteiger partial charge in [-0.15, -0.1) is 11.3 Å². The van der Waals surface area contributed by atoms with E-state index in [1.54, 1.807) is 6.07 Å². The third kappa shape index (κ3) is 6.93. The minimum absolute atomic E-state index is 0.0207. The number of piperazine rings is 1. The Morgan fingerprint density at radius 3 is 2.37 bits per heavy atom. The lowest BCUT2D eigenvalue weighted by molar-refractivity contribution is -0.133.